The van der Waals surface area contributed by atoms with Crippen LogP contribution < -0.4 is 5.32 Å². The number of anilines is 1. The SMILES string of the molecule is Cc1ccc2[nH]c(C)c(CC(=O)N(C)CC(=O)Nc3cccc(C)c3C)c2c1. The number of H-pyrrole nitrogens is 1. The average Bonchev–Trinajstić information content (AvgIpc) is 2.94. The summed E-state index contributed by atoms with van der Waals surface area (Å²) in [6.07, 6.45) is 0.266. The van der Waals surface area contributed by atoms with Gasteiger partial charge in [-0.05, 0) is 62.6 Å². The number of aromatic amines is 1. The van der Waals surface area contributed by atoms with Gasteiger partial charge < -0.3 is 15.2 Å². The third-order valence-corrected chi connectivity index (χ3v) is 5.29. The number of aromatic nitrogens is 1. The Labute approximate surface area is 165 Å². The molecule has 2 amide bonds. The van der Waals surface area contributed by atoms with Crippen LogP contribution in [0.4, 0.5) is 5.69 Å². The van der Waals surface area contributed by atoms with E-state index in [1.54, 1.807) is 7.05 Å². The van der Waals surface area contributed by atoms with Gasteiger partial charge >= 0.3 is 0 Å². The first-order valence-corrected chi connectivity index (χ1v) is 9.44. The van der Waals surface area contributed by atoms with E-state index in [1.165, 1.54) is 4.90 Å². The molecule has 3 aromatic rings. The minimum Gasteiger partial charge on any atom is -0.358 e. The molecule has 0 unspecified atom stereocenters. The number of carbonyl (C=O) groups excluding carboxylic acids is 2. The second-order valence-corrected chi connectivity index (χ2v) is 7.50. The largest absolute Gasteiger partial charge is 0.358 e. The van der Waals surface area contributed by atoms with Gasteiger partial charge in [0.15, 0.2) is 0 Å². The van der Waals surface area contributed by atoms with E-state index >= 15 is 0 Å². The first-order valence-electron chi connectivity index (χ1n) is 9.44. The summed E-state index contributed by atoms with van der Waals surface area (Å²) in [5.41, 5.74) is 7.10. The standard InChI is InChI=1S/C23H27N3O2/c1-14-9-10-21-19(11-14)18(17(4)24-21)12-23(28)26(5)13-22(27)25-20-8-6-7-15(2)16(20)3/h6-11,24H,12-13H2,1-5H3,(H,25,27). The fourth-order valence-electron chi connectivity index (χ4n) is 3.39. The van der Waals surface area contributed by atoms with Crippen molar-refractivity contribution in [3.05, 3.63) is 64.3 Å². The zero-order valence-corrected chi connectivity index (χ0v) is 17.1. The van der Waals surface area contributed by atoms with Crippen LogP contribution in [0.15, 0.2) is 36.4 Å². The molecule has 2 aromatic carbocycles. The van der Waals surface area contributed by atoms with Gasteiger partial charge in [-0.25, -0.2) is 0 Å². The van der Waals surface area contributed by atoms with Gasteiger partial charge in [0.05, 0.1) is 13.0 Å². The number of rotatable bonds is 5. The van der Waals surface area contributed by atoms with E-state index in [0.29, 0.717) is 0 Å². The van der Waals surface area contributed by atoms with Gasteiger partial charge in [-0.15, -0.1) is 0 Å². The molecule has 0 aliphatic heterocycles. The molecule has 0 spiro atoms. The van der Waals surface area contributed by atoms with Crippen LogP contribution in [0.5, 0.6) is 0 Å². The van der Waals surface area contributed by atoms with Crippen LogP contribution in [0.3, 0.4) is 0 Å². The van der Waals surface area contributed by atoms with Crippen molar-refractivity contribution in [2.24, 2.45) is 0 Å². The Bertz CT molecular complexity index is 1050. The predicted octanol–water partition coefficient (Wildman–Crippen LogP) is 4.04. The molecular formula is C23H27N3O2. The van der Waals surface area contributed by atoms with Crippen LogP contribution in [0.25, 0.3) is 10.9 Å². The maximum Gasteiger partial charge on any atom is 0.243 e. The van der Waals surface area contributed by atoms with Crippen molar-refractivity contribution in [3.8, 4) is 0 Å². The summed E-state index contributed by atoms with van der Waals surface area (Å²) < 4.78 is 0. The maximum absolute atomic E-state index is 12.7. The van der Waals surface area contributed by atoms with Gasteiger partial charge in [-0.1, -0.05) is 23.8 Å². The zero-order valence-electron chi connectivity index (χ0n) is 17.1. The average molecular weight is 377 g/mol. The van der Waals surface area contributed by atoms with Crippen molar-refractivity contribution < 1.29 is 9.59 Å². The van der Waals surface area contributed by atoms with Crippen LogP contribution in [0.1, 0.15) is 27.9 Å². The summed E-state index contributed by atoms with van der Waals surface area (Å²) in [5, 5.41) is 3.97. The molecule has 1 heterocycles. The fourth-order valence-corrected chi connectivity index (χ4v) is 3.39. The van der Waals surface area contributed by atoms with Crippen molar-refractivity contribution in [2.75, 3.05) is 18.9 Å². The van der Waals surface area contributed by atoms with Gasteiger partial charge in [0, 0.05) is 29.3 Å². The summed E-state index contributed by atoms with van der Waals surface area (Å²) >= 11 is 0. The maximum atomic E-state index is 12.7. The van der Waals surface area contributed by atoms with Crippen molar-refractivity contribution >= 4 is 28.4 Å². The quantitative estimate of drug-likeness (QED) is 0.705. The number of hydrogen-bond donors (Lipinski definition) is 2. The molecule has 0 saturated carbocycles. The lowest BCUT2D eigenvalue weighted by Gasteiger charge is -2.18. The Morgan fingerprint density at radius 3 is 2.57 bits per heavy atom. The third kappa shape index (κ3) is 4.09. The Morgan fingerprint density at radius 2 is 1.82 bits per heavy atom. The van der Waals surface area contributed by atoms with E-state index in [4.69, 9.17) is 0 Å². The number of nitrogens with zero attached hydrogens (tertiary/aromatic N) is 1. The number of hydrogen-bond acceptors (Lipinski definition) is 2. The molecule has 5 heteroatoms. The normalized spacial score (nSPS) is 10.9. The molecule has 146 valence electrons. The molecule has 28 heavy (non-hydrogen) atoms. The first kappa shape index (κ1) is 19.7. The molecule has 0 aliphatic carbocycles. The number of fused-ring (bicyclic) bond motifs is 1. The van der Waals surface area contributed by atoms with Gasteiger partial charge in [0.25, 0.3) is 0 Å². The lowest BCUT2D eigenvalue weighted by Crippen LogP contribution is -2.36. The van der Waals surface area contributed by atoms with Crippen molar-refractivity contribution in [1.82, 2.24) is 9.88 Å². The van der Waals surface area contributed by atoms with Gasteiger partial charge in [0.1, 0.15) is 0 Å². The highest BCUT2D eigenvalue weighted by molar-refractivity contribution is 5.96. The highest BCUT2D eigenvalue weighted by Gasteiger charge is 2.18. The Balaban J connectivity index is 1.68. The first-order chi connectivity index (χ1) is 13.3. The molecule has 0 saturated heterocycles. The zero-order chi connectivity index (χ0) is 20.4. The minimum atomic E-state index is -0.198. The highest BCUT2D eigenvalue weighted by atomic mass is 16.2. The molecule has 0 fully saturated rings. The summed E-state index contributed by atoms with van der Waals surface area (Å²) in [6, 6.07) is 12.0. The molecule has 5 nitrogen and oxygen atoms in total. The van der Waals surface area contributed by atoms with Gasteiger partial charge in [-0.2, -0.15) is 0 Å². The number of likely N-dealkylation sites (N-methyl/N-ethyl adjacent to an activating group) is 1. The topological polar surface area (TPSA) is 65.2 Å². The minimum absolute atomic E-state index is 0.0205. The fraction of sp³-hybridized carbons (Fsp3) is 0.304. The highest BCUT2D eigenvalue weighted by Crippen LogP contribution is 2.24. The number of carbonyl (C=O) groups is 2. The Morgan fingerprint density at radius 1 is 1.07 bits per heavy atom. The molecule has 0 radical (unpaired) electrons. The molecular weight excluding hydrogens is 350 g/mol. The van der Waals surface area contributed by atoms with Crippen molar-refractivity contribution in [3.63, 3.8) is 0 Å². The predicted molar refractivity (Wildman–Crippen MR) is 114 cm³/mol. The molecule has 0 atom stereocenters. The monoisotopic (exact) mass is 377 g/mol. The van der Waals surface area contributed by atoms with Crippen LogP contribution in [0.2, 0.25) is 0 Å². The number of aryl methyl sites for hydroxylation is 3. The third-order valence-electron chi connectivity index (χ3n) is 5.29. The molecule has 1 aromatic heterocycles. The van der Waals surface area contributed by atoms with Crippen LogP contribution >= 0.6 is 0 Å². The summed E-state index contributed by atoms with van der Waals surface area (Å²) in [6.45, 7) is 8.02. The van der Waals surface area contributed by atoms with Crippen molar-refractivity contribution in [1.29, 1.82) is 0 Å². The number of benzene rings is 2. The van der Waals surface area contributed by atoms with E-state index in [2.05, 4.69) is 16.4 Å². The van der Waals surface area contributed by atoms with E-state index < -0.39 is 0 Å². The molecule has 0 bridgehead atoms. The lowest BCUT2D eigenvalue weighted by molar-refractivity contribution is -0.132. The van der Waals surface area contributed by atoms with Crippen LogP contribution in [0, 0.1) is 27.7 Å². The Hall–Kier alpha value is -3.08. The van der Waals surface area contributed by atoms with E-state index in [1.807, 2.05) is 58.0 Å². The second-order valence-electron chi connectivity index (χ2n) is 7.50. The molecule has 2 N–H and O–H groups in total. The summed E-state index contributed by atoms with van der Waals surface area (Å²) in [7, 11) is 1.67. The number of amides is 2. The van der Waals surface area contributed by atoms with E-state index in [-0.39, 0.29) is 24.8 Å². The van der Waals surface area contributed by atoms with Crippen LogP contribution in [-0.4, -0.2) is 35.3 Å². The van der Waals surface area contributed by atoms with E-state index in [0.717, 1.165) is 44.5 Å². The van der Waals surface area contributed by atoms with Gasteiger partial charge in [-0.3, -0.25) is 9.59 Å². The molecule has 3 rings (SSSR count). The van der Waals surface area contributed by atoms with Crippen molar-refractivity contribution in [2.45, 2.75) is 34.1 Å². The van der Waals surface area contributed by atoms with Gasteiger partial charge in [0.2, 0.25) is 11.8 Å². The smallest absolute Gasteiger partial charge is 0.243 e. The second kappa shape index (κ2) is 7.89. The lowest BCUT2D eigenvalue weighted by atomic mass is 10.1. The molecule has 0 aliphatic rings. The summed E-state index contributed by atoms with van der Waals surface area (Å²) in [5.74, 6) is -0.280. The Kier molecular flexibility index (Phi) is 5.54. The summed E-state index contributed by atoms with van der Waals surface area (Å²) in [4.78, 5) is 30.0. The van der Waals surface area contributed by atoms with E-state index in [9.17, 15) is 9.59 Å². The van der Waals surface area contributed by atoms with Crippen LogP contribution in [-0.2, 0) is 16.0 Å². The number of nitrogens with one attached hydrogen (secondary N) is 2.